The van der Waals surface area contributed by atoms with Gasteiger partial charge >= 0.3 is 12.1 Å². The molecule has 2 saturated heterocycles. The number of fused-ring (bicyclic) bond motifs is 4. The van der Waals surface area contributed by atoms with E-state index in [1.165, 1.54) is 0 Å². The van der Waals surface area contributed by atoms with Gasteiger partial charge in [0.15, 0.2) is 6.10 Å². The molecule has 4 aliphatic rings. The highest BCUT2D eigenvalue weighted by atomic mass is 16.6. The molecule has 2 aliphatic carbocycles. The molecule has 6 rings (SSSR count). The Bertz CT molecular complexity index is 1110. The van der Waals surface area contributed by atoms with Crippen LogP contribution in [0.25, 0.3) is 11.1 Å². The van der Waals surface area contributed by atoms with Gasteiger partial charge in [-0.05, 0) is 40.5 Å². The van der Waals surface area contributed by atoms with Crippen molar-refractivity contribution in [1.82, 2.24) is 10.2 Å². The first-order valence-corrected chi connectivity index (χ1v) is 11.8. The van der Waals surface area contributed by atoms with Crippen LogP contribution in [0.1, 0.15) is 23.5 Å². The summed E-state index contributed by atoms with van der Waals surface area (Å²) < 4.78 is 11.3. The first kappa shape index (κ1) is 21.2. The lowest BCUT2D eigenvalue weighted by Crippen LogP contribution is -2.50. The fraction of sp³-hybridized carbons (Fsp3) is 0.423. The Hall–Kier alpha value is -3.39. The van der Waals surface area contributed by atoms with Crippen molar-refractivity contribution < 1.29 is 29.0 Å². The number of nitrogens with one attached hydrogen (secondary N) is 1. The van der Waals surface area contributed by atoms with Crippen LogP contribution in [0.3, 0.4) is 0 Å². The molecule has 2 aromatic rings. The maximum atomic E-state index is 13.0. The van der Waals surface area contributed by atoms with E-state index in [-0.39, 0.29) is 36.2 Å². The Labute approximate surface area is 196 Å². The van der Waals surface area contributed by atoms with Gasteiger partial charge in [0, 0.05) is 25.6 Å². The zero-order valence-electron chi connectivity index (χ0n) is 18.6. The number of carboxylic acids is 1. The minimum atomic E-state index is -0.783. The number of ether oxygens (including phenoxy) is 2. The largest absolute Gasteiger partial charge is 0.481 e. The Morgan fingerprint density at radius 1 is 1.00 bits per heavy atom. The number of hydrogen-bond donors (Lipinski definition) is 2. The van der Waals surface area contributed by atoms with Crippen LogP contribution in [-0.2, 0) is 19.1 Å². The molecule has 2 unspecified atom stereocenters. The zero-order valence-corrected chi connectivity index (χ0v) is 18.6. The number of piperidine rings is 1. The van der Waals surface area contributed by atoms with Crippen molar-refractivity contribution >= 4 is 18.0 Å². The van der Waals surface area contributed by atoms with Gasteiger partial charge < -0.3 is 24.8 Å². The summed E-state index contributed by atoms with van der Waals surface area (Å²) in [6.45, 7) is 1.47. The number of rotatable bonds is 5. The standard InChI is InChI=1S/C26H26N2O6/c29-24(28-11-18-19(12-28)22(18)25(30)31)23-21(9-10-33-23)27-26(32)34-13-20-16-7-3-1-5-14(16)15-6-2-4-8-17(15)20/h1-8,18-23H,9-13H2,(H,27,32)(H,30,31)/t18?,19?,21-,22?,23+/m1/s1. The number of carbonyl (C=O) groups is 3. The number of alkyl carbamates (subject to hydrolysis) is 1. The molecule has 4 atom stereocenters. The van der Waals surface area contributed by atoms with E-state index in [1.54, 1.807) is 4.90 Å². The monoisotopic (exact) mass is 462 g/mol. The SMILES string of the molecule is O=C(N[C@@H]1CCO[C@@H]1C(=O)N1CC2C(C1)C2C(=O)O)OCC1c2ccccc2-c2ccccc21. The first-order valence-electron chi connectivity index (χ1n) is 11.8. The lowest BCUT2D eigenvalue weighted by Gasteiger charge is -2.26. The third-order valence-corrected chi connectivity index (χ3v) is 7.77. The molecule has 2 aromatic carbocycles. The average Bonchev–Trinajstić information content (AvgIpc) is 3.19. The van der Waals surface area contributed by atoms with E-state index in [4.69, 9.17) is 9.47 Å². The van der Waals surface area contributed by atoms with Crippen molar-refractivity contribution in [2.24, 2.45) is 17.8 Å². The van der Waals surface area contributed by atoms with Gasteiger partial charge in [0.1, 0.15) is 6.61 Å². The lowest BCUT2D eigenvalue weighted by atomic mass is 9.98. The summed E-state index contributed by atoms with van der Waals surface area (Å²) in [6.07, 6.45) is -0.800. The topological polar surface area (TPSA) is 105 Å². The molecule has 0 radical (unpaired) electrons. The van der Waals surface area contributed by atoms with E-state index < -0.39 is 24.2 Å². The third-order valence-electron chi connectivity index (χ3n) is 7.77. The van der Waals surface area contributed by atoms with Gasteiger partial charge in [0.2, 0.25) is 0 Å². The van der Waals surface area contributed by atoms with E-state index >= 15 is 0 Å². The molecule has 2 aliphatic heterocycles. The summed E-state index contributed by atoms with van der Waals surface area (Å²) in [5.41, 5.74) is 4.61. The maximum Gasteiger partial charge on any atom is 0.407 e. The van der Waals surface area contributed by atoms with Gasteiger partial charge in [-0.25, -0.2) is 4.79 Å². The number of amides is 2. The number of likely N-dealkylation sites (tertiary alicyclic amines) is 1. The molecule has 2 heterocycles. The molecule has 0 aromatic heterocycles. The molecule has 34 heavy (non-hydrogen) atoms. The molecular weight excluding hydrogens is 436 g/mol. The minimum Gasteiger partial charge on any atom is -0.481 e. The van der Waals surface area contributed by atoms with Crippen LogP contribution >= 0.6 is 0 Å². The van der Waals surface area contributed by atoms with E-state index in [0.29, 0.717) is 26.1 Å². The second kappa shape index (κ2) is 8.13. The second-order valence-corrected chi connectivity index (χ2v) is 9.59. The summed E-state index contributed by atoms with van der Waals surface area (Å²) in [4.78, 5) is 38.5. The molecule has 0 bridgehead atoms. The first-order chi connectivity index (χ1) is 16.5. The summed E-state index contributed by atoms with van der Waals surface area (Å²) >= 11 is 0. The number of aliphatic carboxylic acids is 1. The van der Waals surface area contributed by atoms with E-state index in [9.17, 15) is 19.5 Å². The number of carbonyl (C=O) groups excluding carboxylic acids is 2. The molecule has 8 nitrogen and oxygen atoms in total. The van der Waals surface area contributed by atoms with Crippen molar-refractivity contribution in [3.63, 3.8) is 0 Å². The van der Waals surface area contributed by atoms with Crippen molar-refractivity contribution in [2.75, 3.05) is 26.3 Å². The fourth-order valence-corrected chi connectivity index (χ4v) is 6.02. The number of hydrogen-bond acceptors (Lipinski definition) is 5. The average molecular weight is 463 g/mol. The van der Waals surface area contributed by atoms with Gasteiger partial charge in [-0.2, -0.15) is 0 Å². The molecule has 0 spiro atoms. The summed E-state index contributed by atoms with van der Waals surface area (Å²) in [5, 5.41) is 12.0. The number of benzene rings is 2. The van der Waals surface area contributed by atoms with Crippen molar-refractivity contribution in [2.45, 2.75) is 24.5 Å². The van der Waals surface area contributed by atoms with Crippen LogP contribution in [0, 0.1) is 17.8 Å². The molecule has 1 saturated carbocycles. The highest BCUT2D eigenvalue weighted by Gasteiger charge is 2.61. The van der Waals surface area contributed by atoms with E-state index in [0.717, 1.165) is 22.3 Å². The van der Waals surface area contributed by atoms with Gasteiger partial charge in [-0.3, -0.25) is 9.59 Å². The molecule has 3 fully saturated rings. The van der Waals surface area contributed by atoms with Gasteiger partial charge in [-0.15, -0.1) is 0 Å². The summed E-state index contributed by atoms with van der Waals surface area (Å²) in [5.74, 6) is -1.25. The maximum absolute atomic E-state index is 13.0. The Kier molecular flexibility index (Phi) is 5.06. The van der Waals surface area contributed by atoms with Crippen LogP contribution in [0.15, 0.2) is 48.5 Å². The van der Waals surface area contributed by atoms with Crippen LogP contribution in [0.4, 0.5) is 4.79 Å². The van der Waals surface area contributed by atoms with Crippen LogP contribution in [0.2, 0.25) is 0 Å². The predicted molar refractivity (Wildman–Crippen MR) is 121 cm³/mol. The van der Waals surface area contributed by atoms with Crippen LogP contribution in [-0.4, -0.2) is 66.4 Å². The highest BCUT2D eigenvalue weighted by molar-refractivity contribution is 5.84. The molecule has 2 N–H and O–H groups in total. The van der Waals surface area contributed by atoms with Crippen LogP contribution in [0.5, 0.6) is 0 Å². The Morgan fingerprint density at radius 3 is 2.24 bits per heavy atom. The third kappa shape index (κ3) is 3.44. The van der Waals surface area contributed by atoms with Gasteiger partial charge in [0.05, 0.1) is 12.0 Å². The van der Waals surface area contributed by atoms with Crippen molar-refractivity contribution in [3.8, 4) is 11.1 Å². The van der Waals surface area contributed by atoms with Crippen LogP contribution < -0.4 is 5.32 Å². The Balaban J connectivity index is 1.06. The number of carboxylic acid groups (broad SMARTS) is 1. The van der Waals surface area contributed by atoms with Gasteiger partial charge in [0.25, 0.3) is 5.91 Å². The molecule has 176 valence electrons. The van der Waals surface area contributed by atoms with E-state index in [2.05, 4.69) is 29.6 Å². The molecule has 2 amide bonds. The van der Waals surface area contributed by atoms with E-state index in [1.807, 2.05) is 24.3 Å². The molecular formula is C26H26N2O6. The quantitative estimate of drug-likeness (QED) is 0.707. The van der Waals surface area contributed by atoms with Crippen molar-refractivity contribution in [1.29, 1.82) is 0 Å². The van der Waals surface area contributed by atoms with Crippen molar-refractivity contribution in [3.05, 3.63) is 59.7 Å². The fourth-order valence-electron chi connectivity index (χ4n) is 6.02. The number of nitrogens with zero attached hydrogens (tertiary/aromatic N) is 1. The summed E-state index contributed by atoms with van der Waals surface area (Å²) in [7, 11) is 0. The predicted octanol–water partition coefficient (Wildman–Crippen LogP) is 2.47. The normalized spacial score (nSPS) is 28.7. The molecule has 8 heteroatoms. The Morgan fingerprint density at radius 2 is 1.62 bits per heavy atom. The zero-order chi connectivity index (χ0) is 23.4. The second-order valence-electron chi connectivity index (χ2n) is 9.59. The lowest BCUT2D eigenvalue weighted by molar-refractivity contribution is -0.144. The minimum absolute atomic E-state index is 0.0334. The summed E-state index contributed by atoms with van der Waals surface area (Å²) in [6, 6.07) is 15.8. The highest BCUT2D eigenvalue weighted by Crippen LogP contribution is 2.52. The smallest absolute Gasteiger partial charge is 0.407 e. The van der Waals surface area contributed by atoms with Gasteiger partial charge in [-0.1, -0.05) is 48.5 Å².